The highest BCUT2D eigenvalue weighted by Gasteiger charge is 2.19. The number of hydrogen-bond acceptors (Lipinski definition) is 6. The van der Waals surface area contributed by atoms with E-state index in [2.05, 4.69) is 20.6 Å². The van der Waals surface area contributed by atoms with Crippen molar-refractivity contribution in [3.8, 4) is 0 Å². The standard InChI is InChI=1S/C10H14N4O4/c15-5-3-13-9(17)7-8(12-2-1-11-7)10(18)14-4-6-16/h1-2,15-16H,3-6H2,(H,13,17)(H,14,18). The molecule has 0 atom stereocenters. The summed E-state index contributed by atoms with van der Waals surface area (Å²) in [6.45, 7) is -0.295. The second-order valence-electron chi connectivity index (χ2n) is 3.21. The Labute approximate surface area is 103 Å². The lowest BCUT2D eigenvalue weighted by Gasteiger charge is -2.07. The van der Waals surface area contributed by atoms with E-state index in [-0.39, 0.29) is 37.7 Å². The van der Waals surface area contributed by atoms with Gasteiger partial charge >= 0.3 is 0 Å². The monoisotopic (exact) mass is 254 g/mol. The first-order valence-corrected chi connectivity index (χ1v) is 5.29. The first-order chi connectivity index (χ1) is 8.70. The lowest BCUT2D eigenvalue weighted by atomic mass is 10.2. The van der Waals surface area contributed by atoms with Crippen molar-refractivity contribution in [3.05, 3.63) is 23.8 Å². The summed E-state index contributed by atoms with van der Waals surface area (Å²) < 4.78 is 0. The molecule has 0 aliphatic rings. The molecule has 18 heavy (non-hydrogen) atoms. The van der Waals surface area contributed by atoms with Crippen LogP contribution in [0.2, 0.25) is 0 Å². The fraction of sp³-hybridized carbons (Fsp3) is 0.400. The summed E-state index contributed by atoms with van der Waals surface area (Å²) >= 11 is 0. The number of hydrogen-bond donors (Lipinski definition) is 4. The molecule has 0 fully saturated rings. The average Bonchev–Trinajstić information content (AvgIpc) is 2.42. The van der Waals surface area contributed by atoms with E-state index in [1.807, 2.05) is 0 Å². The highest BCUT2D eigenvalue weighted by atomic mass is 16.3. The Morgan fingerprint density at radius 2 is 1.33 bits per heavy atom. The van der Waals surface area contributed by atoms with Crippen LogP contribution in [0.1, 0.15) is 21.0 Å². The smallest absolute Gasteiger partial charge is 0.272 e. The van der Waals surface area contributed by atoms with Gasteiger partial charge in [-0.15, -0.1) is 0 Å². The molecule has 2 amide bonds. The topological polar surface area (TPSA) is 124 Å². The number of aromatic nitrogens is 2. The van der Waals surface area contributed by atoms with Crippen molar-refractivity contribution in [1.29, 1.82) is 0 Å². The first kappa shape index (κ1) is 14.0. The van der Waals surface area contributed by atoms with Gasteiger partial charge in [0.1, 0.15) is 0 Å². The van der Waals surface area contributed by atoms with Crippen molar-refractivity contribution in [2.24, 2.45) is 0 Å². The van der Waals surface area contributed by atoms with E-state index in [9.17, 15) is 9.59 Å². The van der Waals surface area contributed by atoms with Crippen LogP contribution in [0, 0.1) is 0 Å². The molecule has 0 bridgehead atoms. The van der Waals surface area contributed by atoms with Gasteiger partial charge in [0.25, 0.3) is 11.8 Å². The van der Waals surface area contributed by atoms with Crippen molar-refractivity contribution in [2.45, 2.75) is 0 Å². The lowest BCUT2D eigenvalue weighted by molar-refractivity contribution is 0.0903. The van der Waals surface area contributed by atoms with Gasteiger partial charge in [0, 0.05) is 25.5 Å². The Hall–Kier alpha value is -2.06. The van der Waals surface area contributed by atoms with Crippen molar-refractivity contribution < 1.29 is 19.8 Å². The molecule has 0 spiro atoms. The van der Waals surface area contributed by atoms with Gasteiger partial charge in [0.15, 0.2) is 11.4 Å². The Kier molecular flexibility index (Phi) is 5.68. The van der Waals surface area contributed by atoms with Gasteiger partial charge in [0.2, 0.25) is 0 Å². The van der Waals surface area contributed by atoms with Crippen LogP contribution in [-0.4, -0.2) is 58.3 Å². The van der Waals surface area contributed by atoms with Gasteiger partial charge in [0.05, 0.1) is 13.2 Å². The molecule has 1 aromatic heterocycles. The third-order valence-electron chi connectivity index (χ3n) is 1.92. The summed E-state index contributed by atoms with van der Waals surface area (Å²) in [6, 6.07) is 0. The number of carbonyl (C=O) groups excluding carboxylic acids is 2. The number of aliphatic hydroxyl groups excluding tert-OH is 2. The molecule has 4 N–H and O–H groups in total. The van der Waals surface area contributed by atoms with Gasteiger partial charge in [-0.3, -0.25) is 9.59 Å². The van der Waals surface area contributed by atoms with Crippen LogP contribution in [0.3, 0.4) is 0 Å². The summed E-state index contributed by atoms with van der Waals surface area (Å²) in [5.74, 6) is -1.18. The third kappa shape index (κ3) is 3.75. The molecule has 8 nitrogen and oxygen atoms in total. The first-order valence-electron chi connectivity index (χ1n) is 5.29. The number of amides is 2. The average molecular weight is 254 g/mol. The molecule has 0 saturated carbocycles. The highest BCUT2D eigenvalue weighted by Crippen LogP contribution is 2.01. The zero-order valence-electron chi connectivity index (χ0n) is 9.59. The quantitative estimate of drug-likeness (QED) is 0.462. The molecule has 8 heteroatoms. The molecular formula is C10H14N4O4. The maximum Gasteiger partial charge on any atom is 0.272 e. The van der Waals surface area contributed by atoms with E-state index < -0.39 is 11.8 Å². The van der Waals surface area contributed by atoms with Crippen molar-refractivity contribution in [2.75, 3.05) is 26.3 Å². The minimum absolute atomic E-state index is 0.0626. The van der Waals surface area contributed by atoms with E-state index in [0.29, 0.717) is 0 Å². The fourth-order valence-electron chi connectivity index (χ4n) is 1.18. The van der Waals surface area contributed by atoms with Crippen LogP contribution in [0.4, 0.5) is 0 Å². The lowest BCUT2D eigenvalue weighted by Crippen LogP contribution is -2.33. The van der Waals surface area contributed by atoms with Crippen molar-refractivity contribution in [3.63, 3.8) is 0 Å². The van der Waals surface area contributed by atoms with E-state index in [1.165, 1.54) is 12.4 Å². The molecule has 0 unspecified atom stereocenters. The van der Waals surface area contributed by atoms with Crippen LogP contribution in [0.25, 0.3) is 0 Å². The Morgan fingerprint density at radius 1 is 0.944 bits per heavy atom. The molecular weight excluding hydrogens is 240 g/mol. The zero-order valence-corrected chi connectivity index (χ0v) is 9.59. The van der Waals surface area contributed by atoms with E-state index in [4.69, 9.17) is 10.2 Å². The Balaban J connectivity index is 2.85. The summed E-state index contributed by atoms with van der Waals surface area (Å²) in [4.78, 5) is 30.9. The molecule has 0 saturated heterocycles. The predicted octanol–water partition coefficient (Wildman–Crippen LogP) is -2.08. The van der Waals surface area contributed by atoms with Crippen molar-refractivity contribution >= 4 is 11.8 Å². The molecule has 1 heterocycles. The summed E-state index contributed by atoms with van der Waals surface area (Å²) in [5.41, 5.74) is -0.247. The molecule has 1 rings (SSSR count). The van der Waals surface area contributed by atoms with Crippen molar-refractivity contribution in [1.82, 2.24) is 20.6 Å². The van der Waals surface area contributed by atoms with Crippen LogP contribution in [0.15, 0.2) is 12.4 Å². The molecule has 0 aliphatic carbocycles. The van der Waals surface area contributed by atoms with Crippen LogP contribution in [-0.2, 0) is 0 Å². The van der Waals surface area contributed by atoms with Gasteiger partial charge < -0.3 is 20.8 Å². The number of aliphatic hydroxyl groups is 2. The summed E-state index contributed by atoms with van der Waals surface area (Å²) in [6.07, 6.45) is 2.58. The maximum atomic E-state index is 11.6. The number of nitrogens with one attached hydrogen (secondary N) is 2. The fourth-order valence-corrected chi connectivity index (χ4v) is 1.18. The Bertz CT molecular complexity index is 385. The molecule has 1 aromatic rings. The third-order valence-corrected chi connectivity index (χ3v) is 1.92. The minimum Gasteiger partial charge on any atom is -0.395 e. The van der Waals surface area contributed by atoms with E-state index in [1.54, 1.807) is 0 Å². The normalized spacial score (nSPS) is 9.89. The van der Waals surface area contributed by atoms with Crippen LogP contribution in [0.5, 0.6) is 0 Å². The van der Waals surface area contributed by atoms with Gasteiger partial charge in [-0.05, 0) is 0 Å². The second kappa shape index (κ2) is 7.30. The molecule has 0 radical (unpaired) electrons. The number of nitrogens with zero attached hydrogens (tertiary/aromatic N) is 2. The minimum atomic E-state index is -0.591. The molecule has 0 aromatic carbocycles. The van der Waals surface area contributed by atoms with Crippen LogP contribution < -0.4 is 10.6 Å². The van der Waals surface area contributed by atoms with Gasteiger partial charge in [-0.1, -0.05) is 0 Å². The maximum absolute atomic E-state index is 11.6. The Morgan fingerprint density at radius 3 is 1.67 bits per heavy atom. The summed E-state index contributed by atoms with van der Waals surface area (Å²) in [5, 5.41) is 22.0. The van der Waals surface area contributed by atoms with E-state index in [0.717, 1.165) is 0 Å². The second-order valence-corrected chi connectivity index (χ2v) is 3.21. The number of rotatable bonds is 6. The van der Waals surface area contributed by atoms with Gasteiger partial charge in [-0.25, -0.2) is 9.97 Å². The molecule has 98 valence electrons. The predicted molar refractivity (Wildman–Crippen MR) is 60.9 cm³/mol. The van der Waals surface area contributed by atoms with Gasteiger partial charge in [-0.2, -0.15) is 0 Å². The summed E-state index contributed by atoms with van der Waals surface area (Å²) in [7, 11) is 0. The SMILES string of the molecule is O=C(NCCO)c1nccnc1C(=O)NCCO. The van der Waals surface area contributed by atoms with E-state index >= 15 is 0 Å². The molecule has 0 aliphatic heterocycles. The largest absolute Gasteiger partial charge is 0.395 e. The van der Waals surface area contributed by atoms with Crippen LogP contribution >= 0.6 is 0 Å². The number of carbonyl (C=O) groups is 2. The zero-order chi connectivity index (χ0) is 13.4. The highest BCUT2D eigenvalue weighted by molar-refractivity contribution is 6.04.